The first-order chi connectivity index (χ1) is 14.9. The lowest BCUT2D eigenvalue weighted by Gasteiger charge is -2.28. The van der Waals surface area contributed by atoms with E-state index in [1.165, 1.54) is 25.7 Å². The van der Waals surface area contributed by atoms with Crippen LogP contribution >= 0.6 is 0 Å². The predicted octanol–water partition coefficient (Wildman–Crippen LogP) is 2.02. The summed E-state index contributed by atoms with van der Waals surface area (Å²) in [5, 5.41) is 7.08. The van der Waals surface area contributed by atoms with E-state index < -0.39 is 0 Å². The van der Waals surface area contributed by atoms with Crippen molar-refractivity contribution in [2.75, 3.05) is 34.2 Å². The number of carbonyl (C=O) groups is 2. The monoisotopic (exact) mass is 425 g/mol. The molecule has 31 heavy (non-hydrogen) atoms. The van der Waals surface area contributed by atoms with Crippen LogP contribution in [0.3, 0.4) is 0 Å². The van der Waals surface area contributed by atoms with Crippen LogP contribution in [-0.4, -0.2) is 67.8 Å². The standard InChI is InChI=1S/C24H35N5O2/c1-28(2)22(31)15-26-24(27-20-12-16-9-10-18(20)11-16)25-14-19-13-21(30)29(3)23(19)17-7-5-4-6-8-17/h4-8,16,18-20,23H,9-15H2,1-3H3,(H2,25,26,27). The molecule has 7 heteroatoms. The van der Waals surface area contributed by atoms with Crippen LogP contribution in [0.15, 0.2) is 35.3 Å². The lowest BCUT2D eigenvalue weighted by molar-refractivity contribution is -0.128. The van der Waals surface area contributed by atoms with Crippen molar-refractivity contribution in [2.24, 2.45) is 22.7 Å². The molecule has 2 aliphatic carbocycles. The fraction of sp³-hybridized carbons (Fsp3) is 0.625. The van der Waals surface area contributed by atoms with E-state index in [1.807, 2.05) is 30.1 Å². The lowest BCUT2D eigenvalue weighted by atomic mass is 9.93. The SMILES string of the molecule is CN(C)C(=O)CN=C(NCC1CC(=O)N(C)C1c1ccccc1)NC1CC2CCC1C2. The van der Waals surface area contributed by atoms with Crippen LogP contribution in [0.1, 0.15) is 43.7 Å². The molecule has 0 spiro atoms. The Morgan fingerprint density at radius 1 is 1.19 bits per heavy atom. The quantitative estimate of drug-likeness (QED) is 0.540. The van der Waals surface area contributed by atoms with E-state index in [9.17, 15) is 9.59 Å². The number of fused-ring (bicyclic) bond motifs is 2. The van der Waals surface area contributed by atoms with E-state index in [0.717, 1.165) is 11.5 Å². The maximum Gasteiger partial charge on any atom is 0.243 e. The number of hydrogen-bond donors (Lipinski definition) is 2. The van der Waals surface area contributed by atoms with Crippen molar-refractivity contribution in [1.29, 1.82) is 0 Å². The van der Waals surface area contributed by atoms with E-state index in [1.54, 1.807) is 19.0 Å². The van der Waals surface area contributed by atoms with Gasteiger partial charge in [-0.3, -0.25) is 9.59 Å². The van der Waals surface area contributed by atoms with Gasteiger partial charge in [0.05, 0.1) is 6.04 Å². The highest BCUT2D eigenvalue weighted by atomic mass is 16.2. The molecule has 4 rings (SSSR count). The summed E-state index contributed by atoms with van der Waals surface area (Å²) in [7, 11) is 5.38. The minimum absolute atomic E-state index is 0.0213. The van der Waals surface area contributed by atoms with Gasteiger partial charge in [-0.25, -0.2) is 4.99 Å². The summed E-state index contributed by atoms with van der Waals surface area (Å²) in [5.41, 5.74) is 1.16. The number of guanidine groups is 1. The van der Waals surface area contributed by atoms with Gasteiger partial charge in [-0.2, -0.15) is 0 Å². The van der Waals surface area contributed by atoms with Crippen LogP contribution in [0.4, 0.5) is 0 Å². The number of nitrogens with one attached hydrogen (secondary N) is 2. The van der Waals surface area contributed by atoms with Gasteiger partial charge in [-0.05, 0) is 36.7 Å². The van der Waals surface area contributed by atoms with Crippen LogP contribution in [0.2, 0.25) is 0 Å². The second-order valence-electron chi connectivity index (χ2n) is 9.58. The smallest absolute Gasteiger partial charge is 0.243 e. The molecular weight excluding hydrogens is 390 g/mol. The summed E-state index contributed by atoms with van der Waals surface area (Å²) in [5.74, 6) is 2.53. The molecule has 7 nitrogen and oxygen atoms in total. The number of aliphatic imine (C=N–C) groups is 1. The van der Waals surface area contributed by atoms with Crippen molar-refractivity contribution in [2.45, 2.75) is 44.2 Å². The Morgan fingerprint density at radius 3 is 2.61 bits per heavy atom. The molecule has 3 fully saturated rings. The van der Waals surface area contributed by atoms with Gasteiger partial charge in [0, 0.05) is 46.1 Å². The minimum atomic E-state index is -0.0213. The Hall–Kier alpha value is -2.57. The molecule has 2 saturated carbocycles. The van der Waals surface area contributed by atoms with Gasteiger partial charge in [0.15, 0.2) is 5.96 Å². The molecule has 3 aliphatic rings. The Kier molecular flexibility index (Phi) is 6.49. The van der Waals surface area contributed by atoms with E-state index in [2.05, 4.69) is 27.8 Å². The molecule has 1 aliphatic heterocycles. The van der Waals surface area contributed by atoms with Gasteiger partial charge >= 0.3 is 0 Å². The highest BCUT2D eigenvalue weighted by Crippen LogP contribution is 2.44. The summed E-state index contributed by atoms with van der Waals surface area (Å²) < 4.78 is 0. The first kappa shape index (κ1) is 21.7. The van der Waals surface area contributed by atoms with Crippen LogP contribution in [0.25, 0.3) is 0 Å². The van der Waals surface area contributed by atoms with Crippen LogP contribution in [0.5, 0.6) is 0 Å². The van der Waals surface area contributed by atoms with E-state index in [4.69, 9.17) is 0 Å². The molecule has 1 saturated heterocycles. The highest BCUT2D eigenvalue weighted by Gasteiger charge is 2.41. The molecule has 2 bridgehead atoms. The van der Waals surface area contributed by atoms with Crippen LogP contribution < -0.4 is 10.6 Å². The van der Waals surface area contributed by atoms with E-state index in [-0.39, 0.29) is 30.3 Å². The van der Waals surface area contributed by atoms with Crippen molar-refractivity contribution in [3.05, 3.63) is 35.9 Å². The number of likely N-dealkylation sites (N-methyl/N-ethyl adjacent to an activating group) is 1. The normalized spacial score (nSPS) is 30.0. The summed E-state index contributed by atoms with van der Waals surface area (Å²) in [4.78, 5) is 32.6. The third kappa shape index (κ3) is 4.86. The summed E-state index contributed by atoms with van der Waals surface area (Å²) in [6.45, 7) is 0.757. The summed E-state index contributed by atoms with van der Waals surface area (Å²) in [6, 6.07) is 10.7. The second kappa shape index (κ2) is 9.28. The van der Waals surface area contributed by atoms with Crippen molar-refractivity contribution < 1.29 is 9.59 Å². The predicted molar refractivity (Wildman–Crippen MR) is 121 cm³/mol. The number of carbonyl (C=O) groups excluding carboxylic acids is 2. The van der Waals surface area contributed by atoms with Gasteiger partial charge in [0.25, 0.3) is 0 Å². The molecule has 0 radical (unpaired) electrons. The van der Waals surface area contributed by atoms with E-state index >= 15 is 0 Å². The number of benzene rings is 1. The maximum atomic E-state index is 12.5. The van der Waals surface area contributed by atoms with Gasteiger partial charge < -0.3 is 20.4 Å². The second-order valence-corrected chi connectivity index (χ2v) is 9.58. The average molecular weight is 426 g/mol. The molecular formula is C24H35N5O2. The van der Waals surface area contributed by atoms with Crippen LogP contribution in [-0.2, 0) is 9.59 Å². The van der Waals surface area contributed by atoms with Crippen molar-refractivity contribution in [3.63, 3.8) is 0 Å². The van der Waals surface area contributed by atoms with Crippen molar-refractivity contribution in [3.8, 4) is 0 Å². The van der Waals surface area contributed by atoms with Crippen molar-refractivity contribution >= 4 is 17.8 Å². The van der Waals surface area contributed by atoms with Gasteiger partial charge in [-0.1, -0.05) is 36.8 Å². The fourth-order valence-electron chi connectivity index (χ4n) is 5.55. The molecule has 5 unspecified atom stereocenters. The Balaban J connectivity index is 1.44. The molecule has 1 aromatic carbocycles. The van der Waals surface area contributed by atoms with Gasteiger partial charge in [-0.15, -0.1) is 0 Å². The number of amides is 2. The zero-order valence-electron chi connectivity index (χ0n) is 18.9. The third-order valence-corrected chi connectivity index (χ3v) is 7.30. The Labute approximate surface area is 185 Å². The average Bonchev–Trinajstić information content (AvgIpc) is 3.45. The first-order valence-electron chi connectivity index (χ1n) is 11.5. The number of likely N-dealkylation sites (tertiary alicyclic amines) is 1. The lowest BCUT2D eigenvalue weighted by Crippen LogP contribution is -2.47. The fourth-order valence-corrected chi connectivity index (χ4v) is 5.55. The molecule has 2 amide bonds. The topological polar surface area (TPSA) is 77.0 Å². The van der Waals surface area contributed by atoms with Gasteiger partial charge in [0.2, 0.25) is 11.8 Å². The molecule has 5 atom stereocenters. The summed E-state index contributed by atoms with van der Waals surface area (Å²) >= 11 is 0. The first-order valence-corrected chi connectivity index (χ1v) is 11.5. The zero-order chi connectivity index (χ0) is 22.0. The largest absolute Gasteiger partial charge is 0.356 e. The molecule has 1 aromatic rings. The van der Waals surface area contributed by atoms with E-state index in [0.29, 0.717) is 30.9 Å². The van der Waals surface area contributed by atoms with Gasteiger partial charge in [0.1, 0.15) is 6.54 Å². The summed E-state index contributed by atoms with van der Waals surface area (Å²) in [6.07, 6.45) is 5.63. The number of rotatable bonds is 6. The molecule has 1 heterocycles. The molecule has 2 N–H and O–H groups in total. The minimum Gasteiger partial charge on any atom is -0.356 e. The number of hydrogen-bond acceptors (Lipinski definition) is 3. The third-order valence-electron chi connectivity index (χ3n) is 7.30. The number of nitrogens with zero attached hydrogens (tertiary/aromatic N) is 3. The molecule has 0 aromatic heterocycles. The maximum absolute atomic E-state index is 12.5. The van der Waals surface area contributed by atoms with Crippen LogP contribution in [0, 0.1) is 17.8 Å². The van der Waals surface area contributed by atoms with Crippen molar-refractivity contribution in [1.82, 2.24) is 20.4 Å². The highest BCUT2D eigenvalue weighted by molar-refractivity contribution is 5.85. The zero-order valence-corrected chi connectivity index (χ0v) is 18.9. The Bertz CT molecular complexity index is 825. The Morgan fingerprint density at radius 2 is 1.97 bits per heavy atom. The molecule has 168 valence electrons.